The summed E-state index contributed by atoms with van der Waals surface area (Å²) in [5.41, 5.74) is 0. The van der Waals surface area contributed by atoms with Crippen LogP contribution in [0.3, 0.4) is 0 Å². The van der Waals surface area contributed by atoms with E-state index in [1.807, 2.05) is 0 Å². The molecule has 0 fully saturated rings. The molecule has 0 rings (SSSR count). The molecule has 0 aromatic carbocycles. The molecular weight excluding hydrogens is 75.5 g/mol. The average molecular weight is 85.5 g/mol. The molecule has 0 aliphatic heterocycles. The molecule has 0 N–H and O–H groups in total. The van der Waals surface area contributed by atoms with E-state index >= 15 is 0 Å². The third-order valence-corrected chi connectivity index (χ3v) is 0.116. The summed E-state index contributed by atoms with van der Waals surface area (Å²) in [6.07, 6.45) is 0. The molecule has 2 heteroatoms. The number of hydrogen-bond acceptors (Lipinski definition) is 1. The van der Waals surface area contributed by atoms with Crippen molar-refractivity contribution in [2.45, 2.75) is 0 Å². The summed E-state index contributed by atoms with van der Waals surface area (Å²) in [6.45, 7) is 0. The SMILES string of the molecule is [2H]C([2H])([2H])OC([2H])([2H])Cl. The maximum Gasteiger partial charge on any atom is 0.120 e. The van der Waals surface area contributed by atoms with Crippen molar-refractivity contribution in [2.24, 2.45) is 0 Å². The smallest absolute Gasteiger partial charge is 0.120 e. The maximum absolute atomic E-state index is 6.44. The van der Waals surface area contributed by atoms with E-state index in [9.17, 15) is 0 Å². The van der Waals surface area contributed by atoms with Crippen molar-refractivity contribution >= 4 is 11.6 Å². The molecule has 0 radical (unpaired) electrons. The molecule has 0 aliphatic carbocycles. The van der Waals surface area contributed by atoms with Crippen LogP contribution < -0.4 is 0 Å². The minimum atomic E-state index is -2.77. The highest BCUT2D eigenvalue weighted by Gasteiger charge is 1.54. The van der Waals surface area contributed by atoms with E-state index in [1.54, 1.807) is 0 Å². The van der Waals surface area contributed by atoms with Gasteiger partial charge in [-0.15, -0.1) is 0 Å². The lowest BCUT2D eigenvalue weighted by molar-refractivity contribution is 0.254. The fraction of sp³-hybridized carbons (Fsp3) is 1.00. The molecule has 0 aromatic rings. The summed E-state index contributed by atoms with van der Waals surface area (Å²) in [4.78, 5) is 0. The Morgan fingerprint density at radius 3 is 3.50 bits per heavy atom. The van der Waals surface area contributed by atoms with Crippen LogP contribution in [-0.2, 0) is 4.74 Å². The molecule has 4 heavy (non-hydrogen) atoms. The van der Waals surface area contributed by atoms with E-state index in [1.165, 1.54) is 0 Å². The average Bonchev–Trinajstić information content (AvgIpc) is 1.14. The predicted molar refractivity (Wildman–Crippen MR) is 17.7 cm³/mol. The van der Waals surface area contributed by atoms with Gasteiger partial charge < -0.3 is 4.74 Å². The molecule has 0 amide bonds. The molecule has 0 heterocycles. The Hall–Kier alpha value is 0.250. The minimum Gasteiger partial charge on any atom is -0.369 e. The lowest BCUT2D eigenvalue weighted by Crippen LogP contribution is -1.68. The predicted octanol–water partition coefficient (Wildman–Crippen LogP) is 0.829. The number of ether oxygens (including phenoxy) is 1. The topological polar surface area (TPSA) is 9.23 Å². The highest BCUT2D eigenvalue weighted by molar-refractivity contribution is 6.17. The van der Waals surface area contributed by atoms with Gasteiger partial charge in [0.05, 0.1) is 6.85 Å². The van der Waals surface area contributed by atoms with Crippen molar-refractivity contribution in [3.8, 4) is 0 Å². The molecule has 0 atom stereocenters. The first-order valence-electron chi connectivity index (χ1n) is 3.10. The number of halogens is 1. The minimum absolute atomic E-state index is 2.61. The van der Waals surface area contributed by atoms with Gasteiger partial charge >= 0.3 is 0 Å². The fourth-order valence-corrected chi connectivity index (χ4v) is 0. The van der Waals surface area contributed by atoms with Gasteiger partial charge in [0.1, 0.15) is 6.02 Å². The van der Waals surface area contributed by atoms with E-state index in [0.29, 0.717) is 0 Å². The first-order chi connectivity index (χ1) is 3.71. The summed E-state index contributed by atoms with van der Waals surface area (Å²) < 4.78 is 35.7. The van der Waals surface area contributed by atoms with Gasteiger partial charge in [0.15, 0.2) is 0 Å². The van der Waals surface area contributed by atoms with Crippen LogP contribution in [-0.4, -0.2) is 13.1 Å². The largest absolute Gasteiger partial charge is 0.369 e. The summed E-state index contributed by atoms with van der Waals surface area (Å²) in [5, 5.41) is 0. The molecular formula is C2H5ClO. The molecule has 0 aromatic heterocycles. The number of methoxy groups -OCH3 is 1. The second-order valence-corrected chi connectivity index (χ2v) is 0.334. The van der Waals surface area contributed by atoms with Gasteiger partial charge in [0, 0.05) is 7.04 Å². The Kier molecular flexibility index (Phi) is 0.536. The molecule has 0 unspecified atom stereocenters. The molecule has 0 spiro atoms. The van der Waals surface area contributed by atoms with Crippen LogP contribution in [0.2, 0.25) is 0 Å². The van der Waals surface area contributed by atoms with Crippen LogP contribution in [0.15, 0.2) is 0 Å². The third-order valence-electron chi connectivity index (χ3n) is 0.0386. The van der Waals surface area contributed by atoms with Gasteiger partial charge in [-0.1, -0.05) is 11.6 Å². The highest BCUT2D eigenvalue weighted by atomic mass is 35.5. The van der Waals surface area contributed by atoms with Crippen molar-refractivity contribution in [2.75, 3.05) is 13.1 Å². The molecule has 0 bridgehead atoms. The Morgan fingerprint density at radius 1 is 2.75 bits per heavy atom. The molecule has 0 saturated heterocycles. The monoisotopic (exact) mass is 85.0 g/mol. The second kappa shape index (κ2) is 3.25. The van der Waals surface area contributed by atoms with Crippen LogP contribution >= 0.6 is 11.6 Å². The zero-order valence-corrected chi connectivity index (χ0v) is 2.54. The van der Waals surface area contributed by atoms with Crippen molar-refractivity contribution in [3.63, 3.8) is 0 Å². The standard InChI is InChI=1S/C2H5ClO/c1-4-2-3/h2H2,1H3/i1D3,2D2. The van der Waals surface area contributed by atoms with Gasteiger partial charge in [0.25, 0.3) is 0 Å². The van der Waals surface area contributed by atoms with Gasteiger partial charge in [-0.05, 0) is 0 Å². The molecule has 0 aliphatic rings. The van der Waals surface area contributed by atoms with Crippen molar-refractivity contribution in [3.05, 3.63) is 0 Å². The first kappa shape index (κ1) is 0.660. The van der Waals surface area contributed by atoms with Crippen LogP contribution in [0.4, 0.5) is 0 Å². The quantitative estimate of drug-likeness (QED) is 0.429. The van der Waals surface area contributed by atoms with E-state index in [-0.39, 0.29) is 0 Å². The summed E-state index contributed by atoms with van der Waals surface area (Å²) in [7, 11) is -2.77. The van der Waals surface area contributed by atoms with Crippen LogP contribution in [0, 0.1) is 0 Å². The summed E-state index contributed by atoms with van der Waals surface area (Å²) in [5.74, 6) is 0. The fourth-order valence-electron chi connectivity index (χ4n) is 0. The third kappa shape index (κ3) is 2.25. The molecule has 1 nitrogen and oxygen atoms in total. The van der Waals surface area contributed by atoms with Crippen LogP contribution in [0.1, 0.15) is 6.85 Å². The number of rotatable bonds is 1. The van der Waals surface area contributed by atoms with Gasteiger partial charge in [-0.3, -0.25) is 0 Å². The lowest BCUT2D eigenvalue weighted by atomic mass is 11.5. The zero-order valence-electron chi connectivity index (χ0n) is 6.79. The van der Waals surface area contributed by atoms with Gasteiger partial charge in [-0.2, -0.15) is 0 Å². The Morgan fingerprint density at radius 2 is 3.50 bits per heavy atom. The zero-order chi connectivity index (χ0) is 7.71. The first-order valence-corrected chi connectivity index (χ1v) is 0.975. The van der Waals surface area contributed by atoms with E-state index < -0.39 is 13.1 Å². The normalized spacial score (nSPS) is 32.8. The highest BCUT2D eigenvalue weighted by Crippen LogP contribution is 1.66. The second-order valence-electron chi connectivity index (χ2n) is 0.179. The van der Waals surface area contributed by atoms with Crippen molar-refractivity contribution in [1.82, 2.24) is 0 Å². The van der Waals surface area contributed by atoms with E-state index in [0.717, 1.165) is 0 Å². The van der Waals surface area contributed by atoms with E-state index in [2.05, 4.69) is 4.74 Å². The van der Waals surface area contributed by atoms with Gasteiger partial charge in [0.2, 0.25) is 0 Å². The number of hydrogen-bond donors (Lipinski definition) is 0. The Labute approximate surface area is 37.5 Å². The summed E-state index contributed by atoms with van der Waals surface area (Å²) >= 11 is 4.77. The molecule has 0 saturated carbocycles. The van der Waals surface area contributed by atoms with Crippen molar-refractivity contribution in [1.29, 1.82) is 0 Å². The Bertz CT molecular complexity index is 80.1. The van der Waals surface area contributed by atoms with Crippen LogP contribution in [0.5, 0.6) is 0 Å². The lowest BCUT2D eigenvalue weighted by Gasteiger charge is -1.74. The number of alkyl halides is 1. The molecule has 26 valence electrons. The van der Waals surface area contributed by atoms with Crippen molar-refractivity contribution < 1.29 is 11.6 Å². The van der Waals surface area contributed by atoms with E-state index in [4.69, 9.17) is 18.5 Å². The van der Waals surface area contributed by atoms with Crippen LogP contribution in [0.25, 0.3) is 0 Å². The maximum atomic E-state index is 6.44. The van der Waals surface area contributed by atoms with Gasteiger partial charge in [-0.25, -0.2) is 0 Å². The summed E-state index contributed by atoms with van der Waals surface area (Å²) in [6, 6.07) is -2.61. The Balaban J connectivity index is 3.75.